The largest absolute Gasteiger partial charge is 0.378 e. The lowest BCUT2D eigenvalue weighted by molar-refractivity contribution is -0.129. The molecule has 2 aromatic carbocycles. The molecule has 1 atom stereocenters. The molecule has 4 nitrogen and oxygen atoms in total. The normalized spacial score (nSPS) is 12.7. The maximum Gasteiger partial charge on any atom is 0.273 e. The summed E-state index contributed by atoms with van der Waals surface area (Å²) in [5.41, 5.74) is 4.84. The number of amides is 1. The predicted octanol–water partition coefficient (Wildman–Crippen LogP) is 3.43. The molecule has 0 aliphatic rings. The van der Waals surface area contributed by atoms with E-state index in [1.54, 1.807) is 24.3 Å². The van der Waals surface area contributed by atoms with Gasteiger partial charge in [-0.1, -0.05) is 74.0 Å². The number of nitrogens with one attached hydrogen (secondary N) is 1. The van der Waals surface area contributed by atoms with Crippen LogP contribution >= 0.6 is 0 Å². The minimum absolute atomic E-state index is 0.527. The molecule has 0 aliphatic carbocycles. The highest BCUT2D eigenvalue weighted by Crippen LogP contribution is 2.12. The maximum absolute atomic E-state index is 12.1. The summed E-state index contributed by atoms with van der Waals surface area (Å²) in [6, 6.07) is 18.6. The van der Waals surface area contributed by atoms with E-state index in [0.717, 1.165) is 30.5 Å². The van der Waals surface area contributed by atoms with Crippen molar-refractivity contribution in [2.45, 2.75) is 32.3 Å². The van der Waals surface area contributed by atoms with Crippen molar-refractivity contribution in [1.82, 2.24) is 5.43 Å². The summed E-state index contributed by atoms with van der Waals surface area (Å²) in [5, 5.41) is 14.3. The van der Waals surface area contributed by atoms with Crippen LogP contribution in [-0.2, 0) is 4.79 Å². The molecular weight excluding hydrogens is 288 g/mol. The van der Waals surface area contributed by atoms with E-state index in [2.05, 4.69) is 17.5 Å². The Morgan fingerprint density at radius 2 is 1.70 bits per heavy atom. The molecule has 0 saturated heterocycles. The highest BCUT2D eigenvalue weighted by molar-refractivity contribution is 6.01. The molecule has 0 aliphatic heterocycles. The van der Waals surface area contributed by atoms with Gasteiger partial charge in [0.25, 0.3) is 5.91 Å². The third kappa shape index (κ3) is 5.04. The van der Waals surface area contributed by atoms with Crippen LogP contribution in [0.3, 0.4) is 0 Å². The first-order valence-corrected chi connectivity index (χ1v) is 7.87. The summed E-state index contributed by atoms with van der Waals surface area (Å²) < 4.78 is 0. The molecule has 23 heavy (non-hydrogen) atoms. The van der Waals surface area contributed by atoms with Gasteiger partial charge in [0.05, 0.1) is 5.71 Å². The summed E-state index contributed by atoms with van der Waals surface area (Å²) in [6.45, 7) is 2.11. The zero-order valence-corrected chi connectivity index (χ0v) is 13.3. The predicted molar refractivity (Wildman–Crippen MR) is 92.0 cm³/mol. The maximum atomic E-state index is 12.1. The van der Waals surface area contributed by atoms with Crippen LogP contribution in [0, 0.1) is 0 Å². The Balaban J connectivity index is 2.09. The second-order valence-corrected chi connectivity index (χ2v) is 5.32. The quantitative estimate of drug-likeness (QED) is 0.608. The smallest absolute Gasteiger partial charge is 0.273 e. The molecular formula is C19H22N2O2. The first-order valence-electron chi connectivity index (χ1n) is 7.87. The lowest BCUT2D eigenvalue weighted by Crippen LogP contribution is -2.26. The second-order valence-electron chi connectivity index (χ2n) is 5.32. The van der Waals surface area contributed by atoms with Gasteiger partial charge in [-0.25, -0.2) is 5.43 Å². The third-order valence-corrected chi connectivity index (χ3v) is 3.54. The van der Waals surface area contributed by atoms with Crippen LogP contribution in [0.4, 0.5) is 0 Å². The molecule has 2 N–H and O–H groups in total. The van der Waals surface area contributed by atoms with E-state index < -0.39 is 12.0 Å². The summed E-state index contributed by atoms with van der Waals surface area (Å²) in [7, 11) is 0. The van der Waals surface area contributed by atoms with Crippen molar-refractivity contribution in [1.29, 1.82) is 0 Å². The molecule has 0 bridgehead atoms. The average molecular weight is 310 g/mol. The van der Waals surface area contributed by atoms with E-state index in [4.69, 9.17) is 0 Å². The molecule has 2 aromatic rings. The van der Waals surface area contributed by atoms with Crippen LogP contribution in [0.25, 0.3) is 0 Å². The average Bonchev–Trinajstić information content (AvgIpc) is 2.62. The van der Waals surface area contributed by atoms with Crippen LogP contribution in [0.15, 0.2) is 65.8 Å². The molecule has 1 amide bonds. The van der Waals surface area contributed by atoms with Crippen molar-refractivity contribution >= 4 is 11.6 Å². The van der Waals surface area contributed by atoms with Crippen LogP contribution < -0.4 is 5.43 Å². The number of carbonyl (C=O) groups is 1. The Bertz CT molecular complexity index is 639. The number of aliphatic hydroxyl groups is 1. The molecule has 0 saturated carbocycles. The van der Waals surface area contributed by atoms with Crippen molar-refractivity contribution in [3.05, 3.63) is 71.8 Å². The topological polar surface area (TPSA) is 61.7 Å². The van der Waals surface area contributed by atoms with Crippen LogP contribution in [-0.4, -0.2) is 16.7 Å². The minimum Gasteiger partial charge on any atom is -0.378 e. The SMILES string of the molecule is CCCCC(=NNC(=O)C(O)c1ccccc1)c1ccccc1. The number of hydrazone groups is 1. The first-order chi connectivity index (χ1) is 11.2. The fraction of sp³-hybridized carbons (Fsp3) is 0.263. The number of unbranched alkanes of at least 4 members (excludes halogenated alkanes) is 1. The number of hydrogen-bond acceptors (Lipinski definition) is 3. The lowest BCUT2D eigenvalue weighted by atomic mass is 10.1. The fourth-order valence-corrected chi connectivity index (χ4v) is 2.21. The molecule has 0 fully saturated rings. The van der Waals surface area contributed by atoms with E-state index in [-0.39, 0.29) is 0 Å². The third-order valence-electron chi connectivity index (χ3n) is 3.54. The molecule has 4 heteroatoms. The summed E-state index contributed by atoms with van der Waals surface area (Å²) in [5.74, 6) is -0.527. The molecule has 0 spiro atoms. The van der Waals surface area contributed by atoms with Gasteiger partial charge in [0, 0.05) is 0 Å². The molecule has 0 heterocycles. The van der Waals surface area contributed by atoms with Gasteiger partial charge in [-0.05, 0) is 24.0 Å². The zero-order chi connectivity index (χ0) is 16.5. The Labute approximate surface area is 136 Å². The van der Waals surface area contributed by atoms with Crippen LogP contribution in [0.5, 0.6) is 0 Å². The Morgan fingerprint density at radius 3 is 2.30 bits per heavy atom. The van der Waals surface area contributed by atoms with Crippen molar-refractivity contribution in [3.63, 3.8) is 0 Å². The van der Waals surface area contributed by atoms with Crippen molar-refractivity contribution in [2.24, 2.45) is 5.10 Å². The highest BCUT2D eigenvalue weighted by Gasteiger charge is 2.16. The van der Waals surface area contributed by atoms with Gasteiger partial charge in [0.15, 0.2) is 6.10 Å². The minimum atomic E-state index is -1.22. The molecule has 2 rings (SSSR count). The monoisotopic (exact) mass is 310 g/mol. The summed E-state index contributed by atoms with van der Waals surface area (Å²) >= 11 is 0. The number of aliphatic hydroxyl groups excluding tert-OH is 1. The van der Waals surface area contributed by atoms with E-state index in [0.29, 0.717) is 5.56 Å². The summed E-state index contributed by atoms with van der Waals surface area (Å²) in [4.78, 5) is 12.1. The molecule has 120 valence electrons. The highest BCUT2D eigenvalue weighted by atomic mass is 16.3. The van der Waals surface area contributed by atoms with Gasteiger partial charge in [-0.3, -0.25) is 4.79 Å². The molecule has 0 aromatic heterocycles. The second kappa shape index (κ2) is 8.86. The van der Waals surface area contributed by atoms with E-state index >= 15 is 0 Å². The molecule has 0 radical (unpaired) electrons. The Hall–Kier alpha value is -2.46. The van der Waals surface area contributed by atoms with E-state index in [9.17, 15) is 9.90 Å². The number of carbonyl (C=O) groups excluding carboxylic acids is 1. The fourth-order valence-electron chi connectivity index (χ4n) is 2.21. The van der Waals surface area contributed by atoms with Crippen molar-refractivity contribution < 1.29 is 9.90 Å². The standard InChI is InChI=1S/C19H22N2O2/c1-2-3-14-17(15-10-6-4-7-11-15)20-21-19(23)18(22)16-12-8-5-9-13-16/h4-13,18,22H,2-3,14H2,1H3,(H,21,23). The number of hydrogen-bond donors (Lipinski definition) is 2. The van der Waals surface area contributed by atoms with E-state index in [1.807, 2.05) is 36.4 Å². The number of nitrogens with zero attached hydrogens (tertiary/aromatic N) is 1. The van der Waals surface area contributed by atoms with Gasteiger partial charge in [-0.2, -0.15) is 5.10 Å². The Kier molecular flexibility index (Phi) is 6.51. The number of rotatable bonds is 7. The van der Waals surface area contributed by atoms with Gasteiger partial charge in [0.1, 0.15) is 0 Å². The van der Waals surface area contributed by atoms with Gasteiger partial charge in [0.2, 0.25) is 0 Å². The zero-order valence-electron chi connectivity index (χ0n) is 13.3. The lowest BCUT2D eigenvalue weighted by Gasteiger charge is -2.11. The van der Waals surface area contributed by atoms with Gasteiger partial charge >= 0.3 is 0 Å². The van der Waals surface area contributed by atoms with Crippen molar-refractivity contribution in [3.8, 4) is 0 Å². The van der Waals surface area contributed by atoms with E-state index in [1.165, 1.54) is 0 Å². The van der Waals surface area contributed by atoms with Gasteiger partial charge in [-0.15, -0.1) is 0 Å². The number of benzene rings is 2. The van der Waals surface area contributed by atoms with Crippen LogP contribution in [0.1, 0.15) is 43.4 Å². The molecule has 1 unspecified atom stereocenters. The summed E-state index contributed by atoms with van der Waals surface area (Å²) in [6.07, 6.45) is 1.60. The first kappa shape index (κ1) is 16.9. The van der Waals surface area contributed by atoms with Crippen LogP contribution in [0.2, 0.25) is 0 Å². The van der Waals surface area contributed by atoms with Crippen molar-refractivity contribution in [2.75, 3.05) is 0 Å². The van der Waals surface area contributed by atoms with Gasteiger partial charge < -0.3 is 5.11 Å². The Morgan fingerprint density at radius 1 is 1.09 bits per heavy atom.